The van der Waals surface area contributed by atoms with Gasteiger partial charge in [-0.15, -0.1) is 0 Å². The number of pyridine rings is 1. The van der Waals surface area contributed by atoms with Crippen molar-refractivity contribution in [1.82, 2.24) is 19.5 Å². The maximum atomic E-state index is 12.2. The molecular formula is C16H25N5O2S. The molecule has 3 aliphatic heterocycles. The average Bonchev–Trinajstić information content (AvgIpc) is 3.44. The molecule has 3 saturated heterocycles. The second-order valence-corrected chi connectivity index (χ2v) is 8.81. The Kier molecular flexibility index (Phi) is 4.46. The van der Waals surface area contributed by atoms with Crippen molar-refractivity contribution in [1.29, 1.82) is 0 Å². The molecule has 0 radical (unpaired) electrons. The van der Waals surface area contributed by atoms with E-state index < -0.39 is 10.0 Å². The molecule has 24 heavy (non-hydrogen) atoms. The van der Waals surface area contributed by atoms with E-state index in [0.29, 0.717) is 18.5 Å². The number of fused-ring (bicyclic) bond motifs is 3. The van der Waals surface area contributed by atoms with E-state index in [4.69, 9.17) is 0 Å². The summed E-state index contributed by atoms with van der Waals surface area (Å²) in [5.74, 6) is 1.25. The summed E-state index contributed by atoms with van der Waals surface area (Å²) in [6, 6.07) is 3.89. The van der Waals surface area contributed by atoms with Gasteiger partial charge in [-0.05, 0) is 30.9 Å². The van der Waals surface area contributed by atoms with Gasteiger partial charge < -0.3 is 5.32 Å². The maximum Gasteiger partial charge on any atom is 0.242 e. The Morgan fingerprint density at radius 3 is 2.50 bits per heavy atom. The zero-order valence-corrected chi connectivity index (χ0v) is 14.6. The SMILES string of the molecule is O=S(=O)(NCC1CC1)c1ccc(NCC2CN3CCN2CC3)nc1. The van der Waals surface area contributed by atoms with Crippen LogP contribution >= 0.6 is 0 Å². The van der Waals surface area contributed by atoms with E-state index in [1.165, 1.54) is 19.3 Å². The van der Waals surface area contributed by atoms with E-state index in [1.54, 1.807) is 12.1 Å². The molecule has 0 aromatic carbocycles. The zero-order chi connectivity index (χ0) is 16.6. The first kappa shape index (κ1) is 16.3. The number of hydrogen-bond acceptors (Lipinski definition) is 6. The van der Waals surface area contributed by atoms with Crippen LogP contribution in [0, 0.1) is 5.92 Å². The minimum absolute atomic E-state index is 0.236. The van der Waals surface area contributed by atoms with Gasteiger partial charge in [0, 0.05) is 58.1 Å². The van der Waals surface area contributed by atoms with E-state index in [-0.39, 0.29) is 4.90 Å². The van der Waals surface area contributed by atoms with Crippen molar-refractivity contribution in [3.05, 3.63) is 18.3 Å². The molecule has 7 nitrogen and oxygen atoms in total. The molecule has 4 aliphatic rings. The van der Waals surface area contributed by atoms with Crippen molar-refractivity contribution in [3.8, 4) is 0 Å². The molecule has 8 heteroatoms. The third-order valence-corrected chi connectivity index (χ3v) is 6.63. The number of piperazine rings is 3. The van der Waals surface area contributed by atoms with Gasteiger partial charge in [-0.25, -0.2) is 18.1 Å². The first-order chi connectivity index (χ1) is 11.6. The van der Waals surface area contributed by atoms with Gasteiger partial charge in [0.2, 0.25) is 10.0 Å². The minimum atomic E-state index is -3.43. The van der Waals surface area contributed by atoms with Crippen molar-refractivity contribution in [2.75, 3.05) is 51.1 Å². The molecule has 1 unspecified atom stereocenters. The zero-order valence-electron chi connectivity index (χ0n) is 13.8. The van der Waals surface area contributed by atoms with Gasteiger partial charge in [0.15, 0.2) is 0 Å². The van der Waals surface area contributed by atoms with Crippen molar-refractivity contribution in [3.63, 3.8) is 0 Å². The van der Waals surface area contributed by atoms with Gasteiger partial charge in [-0.3, -0.25) is 9.80 Å². The highest BCUT2D eigenvalue weighted by atomic mass is 32.2. The molecule has 1 aromatic rings. The van der Waals surface area contributed by atoms with Crippen LogP contribution in [0.1, 0.15) is 12.8 Å². The van der Waals surface area contributed by atoms with Gasteiger partial charge in [0.1, 0.15) is 10.7 Å². The summed E-state index contributed by atoms with van der Waals surface area (Å²) in [5, 5.41) is 3.34. The number of nitrogens with zero attached hydrogens (tertiary/aromatic N) is 3. The largest absolute Gasteiger partial charge is 0.368 e. The van der Waals surface area contributed by atoms with Gasteiger partial charge in [0.25, 0.3) is 0 Å². The third-order valence-electron chi connectivity index (χ3n) is 5.22. The predicted molar refractivity (Wildman–Crippen MR) is 92.4 cm³/mol. The summed E-state index contributed by atoms with van der Waals surface area (Å²) in [5.41, 5.74) is 0. The van der Waals surface area contributed by atoms with E-state index in [0.717, 1.165) is 44.8 Å². The van der Waals surface area contributed by atoms with Crippen LogP contribution in [0.3, 0.4) is 0 Å². The van der Waals surface area contributed by atoms with E-state index in [1.807, 2.05) is 0 Å². The summed E-state index contributed by atoms with van der Waals surface area (Å²) in [7, 11) is -3.43. The summed E-state index contributed by atoms with van der Waals surface area (Å²) in [4.78, 5) is 9.53. The smallest absolute Gasteiger partial charge is 0.242 e. The highest BCUT2D eigenvalue weighted by Crippen LogP contribution is 2.28. The van der Waals surface area contributed by atoms with Crippen LogP contribution in [0.5, 0.6) is 0 Å². The monoisotopic (exact) mass is 351 g/mol. The molecule has 0 amide bonds. The fourth-order valence-electron chi connectivity index (χ4n) is 3.42. The van der Waals surface area contributed by atoms with E-state index in [9.17, 15) is 8.42 Å². The van der Waals surface area contributed by atoms with Gasteiger partial charge >= 0.3 is 0 Å². The number of sulfonamides is 1. The average molecular weight is 351 g/mol. The molecule has 2 bridgehead atoms. The molecule has 5 rings (SSSR count). The van der Waals surface area contributed by atoms with Crippen LogP contribution in [0.15, 0.2) is 23.2 Å². The molecule has 0 spiro atoms. The normalized spacial score (nSPS) is 29.6. The number of aromatic nitrogens is 1. The Balaban J connectivity index is 1.32. The standard InChI is InChI=1S/C16H25N5O2S/c22-24(23,19-9-13-1-2-13)15-3-4-16(18-11-15)17-10-14-12-20-5-7-21(14)8-6-20/h3-4,11,13-14,19H,1-2,5-10,12H2,(H,17,18). The number of nitrogens with one attached hydrogen (secondary N) is 2. The summed E-state index contributed by atoms with van der Waals surface area (Å²) in [6.07, 6.45) is 3.69. The highest BCUT2D eigenvalue weighted by Gasteiger charge is 2.31. The van der Waals surface area contributed by atoms with Crippen LogP contribution < -0.4 is 10.0 Å². The lowest BCUT2D eigenvalue weighted by Crippen LogP contribution is -2.62. The van der Waals surface area contributed by atoms with Gasteiger partial charge in [-0.1, -0.05) is 0 Å². The van der Waals surface area contributed by atoms with Crippen LogP contribution in [0.4, 0.5) is 5.82 Å². The first-order valence-electron chi connectivity index (χ1n) is 8.76. The van der Waals surface area contributed by atoms with Crippen molar-refractivity contribution >= 4 is 15.8 Å². The fraction of sp³-hybridized carbons (Fsp3) is 0.688. The van der Waals surface area contributed by atoms with Gasteiger partial charge in [-0.2, -0.15) is 0 Å². The molecule has 2 N–H and O–H groups in total. The van der Waals surface area contributed by atoms with E-state index >= 15 is 0 Å². The van der Waals surface area contributed by atoms with Gasteiger partial charge in [0.05, 0.1) is 0 Å². The lowest BCUT2D eigenvalue weighted by molar-refractivity contribution is 0.0189. The quantitative estimate of drug-likeness (QED) is 0.730. The number of rotatable bonds is 7. The fourth-order valence-corrected chi connectivity index (χ4v) is 4.48. The summed E-state index contributed by atoms with van der Waals surface area (Å²) < 4.78 is 27.0. The van der Waals surface area contributed by atoms with Crippen molar-refractivity contribution in [2.45, 2.75) is 23.8 Å². The Hall–Kier alpha value is -1.22. The maximum absolute atomic E-state index is 12.2. The topological polar surface area (TPSA) is 77.6 Å². The summed E-state index contributed by atoms with van der Waals surface area (Å²) in [6.45, 7) is 7.12. The molecule has 4 heterocycles. The molecular weight excluding hydrogens is 326 g/mol. The predicted octanol–water partition coefficient (Wildman–Crippen LogP) is 0.182. The third kappa shape index (κ3) is 3.72. The minimum Gasteiger partial charge on any atom is -0.368 e. The van der Waals surface area contributed by atoms with E-state index in [2.05, 4.69) is 24.8 Å². The molecule has 1 saturated carbocycles. The number of hydrogen-bond donors (Lipinski definition) is 2. The Labute approximate surface area is 143 Å². The lowest BCUT2D eigenvalue weighted by atomic mass is 10.1. The second-order valence-electron chi connectivity index (χ2n) is 7.05. The van der Waals surface area contributed by atoms with Crippen LogP contribution in [-0.2, 0) is 10.0 Å². The molecule has 132 valence electrons. The van der Waals surface area contributed by atoms with Crippen LogP contribution in [0.2, 0.25) is 0 Å². The van der Waals surface area contributed by atoms with Crippen molar-refractivity contribution in [2.24, 2.45) is 5.92 Å². The lowest BCUT2D eigenvalue weighted by Gasteiger charge is -2.47. The summed E-state index contributed by atoms with van der Waals surface area (Å²) >= 11 is 0. The van der Waals surface area contributed by atoms with Crippen molar-refractivity contribution < 1.29 is 8.42 Å². The second kappa shape index (κ2) is 6.59. The molecule has 1 aliphatic carbocycles. The van der Waals surface area contributed by atoms with Crippen LogP contribution in [-0.4, -0.2) is 75.1 Å². The first-order valence-corrected chi connectivity index (χ1v) is 10.2. The molecule has 1 atom stereocenters. The van der Waals surface area contributed by atoms with Crippen LogP contribution in [0.25, 0.3) is 0 Å². The Bertz CT molecular complexity index is 666. The highest BCUT2D eigenvalue weighted by molar-refractivity contribution is 7.89. The Morgan fingerprint density at radius 2 is 1.92 bits per heavy atom. The molecule has 4 fully saturated rings. The number of anilines is 1. The Morgan fingerprint density at radius 1 is 1.12 bits per heavy atom. The molecule has 1 aromatic heterocycles.